The summed E-state index contributed by atoms with van der Waals surface area (Å²) in [6.07, 6.45) is 0.736. The molecule has 0 saturated carbocycles. The number of hydrogen-bond acceptors (Lipinski definition) is 4. The van der Waals surface area contributed by atoms with Crippen molar-refractivity contribution < 1.29 is 23.5 Å². The van der Waals surface area contributed by atoms with Crippen LogP contribution in [0.15, 0.2) is 48.5 Å². The molecule has 0 aromatic heterocycles. The summed E-state index contributed by atoms with van der Waals surface area (Å²) in [7, 11) is 1.60. The van der Waals surface area contributed by atoms with E-state index in [0.717, 1.165) is 11.3 Å². The fourth-order valence-corrected chi connectivity index (χ4v) is 3.00. The zero-order chi connectivity index (χ0) is 22.8. The van der Waals surface area contributed by atoms with Crippen LogP contribution in [0.1, 0.15) is 39.2 Å². The Hall–Kier alpha value is -3.09. The van der Waals surface area contributed by atoms with Crippen LogP contribution in [0.4, 0.5) is 4.39 Å². The molecule has 31 heavy (non-hydrogen) atoms. The molecule has 0 aliphatic heterocycles. The van der Waals surface area contributed by atoms with Crippen molar-refractivity contribution in [2.24, 2.45) is 0 Å². The van der Waals surface area contributed by atoms with Gasteiger partial charge in [-0.15, -0.1) is 0 Å². The first-order valence-corrected chi connectivity index (χ1v) is 10.4. The number of carbonyl (C=O) groups excluding carboxylic acids is 2. The van der Waals surface area contributed by atoms with Crippen molar-refractivity contribution in [3.05, 3.63) is 59.9 Å². The van der Waals surface area contributed by atoms with Gasteiger partial charge in [-0.05, 0) is 69.2 Å². The van der Waals surface area contributed by atoms with Crippen molar-refractivity contribution in [2.45, 2.75) is 52.2 Å². The Morgan fingerprint density at radius 2 is 1.61 bits per heavy atom. The van der Waals surface area contributed by atoms with Gasteiger partial charge in [-0.3, -0.25) is 9.59 Å². The number of nitrogens with zero attached hydrogens (tertiary/aromatic N) is 1. The first-order valence-electron chi connectivity index (χ1n) is 10.4. The summed E-state index contributed by atoms with van der Waals surface area (Å²) in [5.41, 5.74) is 0.758. The second-order valence-electron chi connectivity index (χ2n) is 7.61. The number of halogens is 1. The zero-order valence-electron chi connectivity index (χ0n) is 18.6. The lowest BCUT2D eigenvalue weighted by Crippen LogP contribution is -2.49. The molecule has 0 spiro atoms. The molecule has 0 saturated heterocycles. The SMILES string of the molecule is COc1ccc(OCCCC(=O)N(Cc2ccc(F)cc2)[C@@H](C)C(=O)NC(C)C)cc1. The Morgan fingerprint density at radius 3 is 2.19 bits per heavy atom. The van der Waals surface area contributed by atoms with Gasteiger partial charge in [0, 0.05) is 19.0 Å². The number of benzene rings is 2. The highest BCUT2D eigenvalue weighted by Crippen LogP contribution is 2.18. The van der Waals surface area contributed by atoms with E-state index in [0.29, 0.717) is 18.8 Å². The van der Waals surface area contributed by atoms with Gasteiger partial charge in [0.2, 0.25) is 11.8 Å². The van der Waals surface area contributed by atoms with Gasteiger partial charge in [-0.1, -0.05) is 12.1 Å². The maximum atomic E-state index is 13.2. The molecule has 0 unspecified atom stereocenters. The third-order valence-electron chi connectivity index (χ3n) is 4.73. The van der Waals surface area contributed by atoms with Crippen LogP contribution in [0.5, 0.6) is 11.5 Å². The standard InChI is InChI=1S/C24H31FN2O4/c1-17(2)26-24(29)18(3)27(16-19-7-9-20(25)10-8-19)23(28)6-5-15-31-22-13-11-21(30-4)12-14-22/h7-14,17-18H,5-6,15-16H2,1-4H3,(H,26,29)/t18-/m0/s1. The molecular weight excluding hydrogens is 399 g/mol. The van der Waals surface area contributed by atoms with E-state index in [1.165, 1.54) is 17.0 Å². The lowest BCUT2D eigenvalue weighted by molar-refractivity contribution is -0.141. The van der Waals surface area contributed by atoms with Crippen molar-refractivity contribution in [1.82, 2.24) is 10.2 Å². The van der Waals surface area contributed by atoms with Gasteiger partial charge in [0.25, 0.3) is 0 Å². The molecule has 0 fully saturated rings. The minimum Gasteiger partial charge on any atom is -0.497 e. The molecule has 0 heterocycles. The molecule has 6 nitrogen and oxygen atoms in total. The van der Waals surface area contributed by atoms with Crippen LogP contribution in [-0.4, -0.2) is 42.5 Å². The second-order valence-corrected chi connectivity index (χ2v) is 7.61. The summed E-state index contributed by atoms with van der Waals surface area (Å²) in [4.78, 5) is 27.0. The highest BCUT2D eigenvalue weighted by Gasteiger charge is 2.26. The molecule has 7 heteroatoms. The van der Waals surface area contributed by atoms with Crippen LogP contribution in [0.2, 0.25) is 0 Å². The van der Waals surface area contributed by atoms with E-state index >= 15 is 0 Å². The molecule has 1 atom stereocenters. The summed E-state index contributed by atoms with van der Waals surface area (Å²) in [5.74, 6) is 0.714. The summed E-state index contributed by atoms with van der Waals surface area (Å²) in [6, 6.07) is 12.5. The molecule has 2 amide bonds. The average Bonchev–Trinajstić information content (AvgIpc) is 2.75. The van der Waals surface area contributed by atoms with Crippen molar-refractivity contribution >= 4 is 11.8 Å². The van der Waals surface area contributed by atoms with Gasteiger partial charge >= 0.3 is 0 Å². The quantitative estimate of drug-likeness (QED) is 0.549. The lowest BCUT2D eigenvalue weighted by atomic mass is 10.1. The number of ether oxygens (including phenoxy) is 2. The molecule has 0 radical (unpaired) electrons. The summed E-state index contributed by atoms with van der Waals surface area (Å²) >= 11 is 0. The van der Waals surface area contributed by atoms with Gasteiger partial charge in [-0.2, -0.15) is 0 Å². The molecule has 0 aliphatic rings. The fraction of sp³-hybridized carbons (Fsp3) is 0.417. The van der Waals surface area contributed by atoms with Gasteiger partial charge in [0.15, 0.2) is 0 Å². The Bertz CT molecular complexity index is 838. The van der Waals surface area contributed by atoms with Gasteiger partial charge in [0.1, 0.15) is 23.4 Å². The zero-order valence-corrected chi connectivity index (χ0v) is 18.6. The molecule has 2 rings (SSSR count). The highest BCUT2D eigenvalue weighted by atomic mass is 19.1. The Labute approximate surface area is 183 Å². The molecule has 2 aromatic rings. The Balaban J connectivity index is 1.97. The predicted molar refractivity (Wildman–Crippen MR) is 117 cm³/mol. The number of hydrogen-bond donors (Lipinski definition) is 1. The lowest BCUT2D eigenvalue weighted by Gasteiger charge is -2.29. The largest absolute Gasteiger partial charge is 0.497 e. The fourth-order valence-electron chi connectivity index (χ4n) is 3.00. The van der Waals surface area contributed by atoms with E-state index in [1.54, 1.807) is 50.4 Å². The van der Waals surface area contributed by atoms with Crippen LogP contribution in [0.3, 0.4) is 0 Å². The molecule has 1 N–H and O–H groups in total. The van der Waals surface area contributed by atoms with E-state index in [9.17, 15) is 14.0 Å². The molecule has 2 aromatic carbocycles. The van der Waals surface area contributed by atoms with Gasteiger partial charge in [-0.25, -0.2) is 4.39 Å². The molecule has 0 bridgehead atoms. The monoisotopic (exact) mass is 430 g/mol. The van der Waals surface area contributed by atoms with E-state index < -0.39 is 6.04 Å². The van der Waals surface area contributed by atoms with Crippen molar-refractivity contribution in [3.8, 4) is 11.5 Å². The van der Waals surface area contributed by atoms with Crippen LogP contribution in [0.25, 0.3) is 0 Å². The number of rotatable bonds is 11. The summed E-state index contributed by atoms with van der Waals surface area (Å²) in [5, 5.41) is 2.84. The average molecular weight is 431 g/mol. The van der Waals surface area contributed by atoms with Gasteiger partial charge < -0.3 is 19.7 Å². The number of nitrogens with one attached hydrogen (secondary N) is 1. The van der Waals surface area contributed by atoms with Crippen LogP contribution < -0.4 is 14.8 Å². The molecule has 0 aliphatic carbocycles. The maximum absolute atomic E-state index is 13.2. The van der Waals surface area contributed by atoms with E-state index in [1.807, 2.05) is 13.8 Å². The van der Waals surface area contributed by atoms with Crippen LogP contribution in [0, 0.1) is 5.82 Å². The van der Waals surface area contributed by atoms with Crippen molar-refractivity contribution in [2.75, 3.05) is 13.7 Å². The normalized spacial score (nSPS) is 11.7. The van der Waals surface area contributed by atoms with E-state index in [2.05, 4.69) is 5.32 Å². The Kier molecular flexibility index (Phi) is 9.31. The first kappa shape index (κ1) is 24.2. The number of methoxy groups -OCH3 is 1. The highest BCUT2D eigenvalue weighted by molar-refractivity contribution is 5.87. The van der Waals surface area contributed by atoms with Crippen LogP contribution >= 0.6 is 0 Å². The van der Waals surface area contributed by atoms with Crippen molar-refractivity contribution in [1.29, 1.82) is 0 Å². The third-order valence-corrected chi connectivity index (χ3v) is 4.73. The van der Waals surface area contributed by atoms with Crippen molar-refractivity contribution in [3.63, 3.8) is 0 Å². The second kappa shape index (κ2) is 11.9. The van der Waals surface area contributed by atoms with Gasteiger partial charge in [0.05, 0.1) is 13.7 Å². The third kappa shape index (κ3) is 7.92. The smallest absolute Gasteiger partial charge is 0.242 e. The first-order chi connectivity index (χ1) is 14.8. The summed E-state index contributed by atoms with van der Waals surface area (Å²) < 4.78 is 24.0. The number of carbonyl (C=O) groups is 2. The topological polar surface area (TPSA) is 67.9 Å². The van der Waals surface area contributed by atoms with E-state index in [-0.39, 0.29) is 36.6 Å². The summed E-state index contributed by atoms with van der Waals surface area (Å²) in [6.45, 7) is 6.04. The Morgan fingerprint density at radius 1 is 1.00 bits per heavy atom. The molecular formula is C24H31FN2O4. The maximum Gasteiger partial charge on any atom is 0.242 e. The number of amides is 2. The minimum atomic E-state index is -0.651. The molecule has 168 valence electrons. The minimum absolute atomic E-state index is 0.0318. The van der Waals surface area contributed by atoms with E-state index in [4.69, 9.17) is 9.47 Å². The van der Waals surface area contributed by atoms with Crippen LogP contribution in [-0.2, 0) is 16.1 Å². The predicted octanol–water partition coefficient (Wildman–Crippen LogP) is 3.94.